The third-order valence-electron chi connectivity index (χ3n) is 5.61. The minimum Gasteiger partial charge on any atom is -0.469 e. The number of rotatable bonds is 5. The highest BCUT2D eigenvalue weighted by molar-refractivity contribution is 5.83. The molecule has 2 fully saturated rings. The summed E-state index contributed by atoms with van der Waals surface area (Å²) in [6.07, 6.45) is 5.89. The fraction of sp³-hybridized carbons (Fsp3) is 0.600. The lowest BCUT2D eigenvalue weighted by molar-refractivity contribution is -0.148. The van der Waals surface area contributed by atoms with E-state index in [0.717, 1.165) is 18.7 Å². The molecule has 0 spiro atoms. The molecule has 3 rings (SSSR count). The molecule has 1 heterocycles. The molecule has 0 N–H and O–H groups in total. The van der Waals surface area contributed by atoms with E-state index in [1.807, 2.05) is 35.2 Å². The lowest BCUT2D eigenvalue weighted by atomic mass is 9.82. The number of hydrogen-bond donors (Lipinski definition) is 0. The summed E-state index contributed by atoms with van der Waals surface area (Å²) in [6.45, 7) is 1.76. The summed E-state index contributed by atoms with van der Waals surface area (Å²) in [5.41, 5.74) is 1.07. The van der Waals surface area contributed by atoms with Gasteiger partial charge in [0, 0.05) is 19.5 Å². The van der Waals surface area contributed by atoms with E-state index >= 15 is 0 Å². The maximum atomic E-state index is 12.7. The molecular formula is C20H27NO3. The zero-order valence-electron chi connectivity index (χ0n) is 14.4. The Bertz CT molecular complexity index is 558. The first-order valence-electron chi connectivity index (χ1n) is 9.07. The van der Waals surface area contributed by atoms with Gasteiger partial charge in [-0.3, -0.25) is 9.59 Å². The second-order valence-corrected chi connectivity index (χ2v) is 7.22. The summed E-state index contributed by atoms with van der Waals surface area (Å²) in [5.74, 6) is 0.772. The molecule has 24 heavy (non-hydrogen) atoms. The average Bonchev–Trinajstić information content (AvgIpc) is 3.05. The van der Waals surface area contributed by atoms with Crippen molar-refractivity contribution < 1.29 is 14.3 Å². The molecule has 0 bridgehead atoms. The van der Waals surface area contributed by atoms with Gasteiger partial charge in [0.05, 0.1) is 13.0 Å². The molecule has 0 radical (unpaired) electrons. The van der Waals surface area contributed by atoms with Crippen LogP contribution in [0, 0.1) is 17.8 Å². The Morgan fingerprint density at radius 2 is 1.75 bits per heavy atom. The van der Waals surface area contributed by atoms with E-state index in [1.54, 1.807) is 0 Å². The van der Waals surface area contributed by atoms with Gasteiger partial charge in [-0.15, -0.1) is 0 Å². The highest BCUT2D eigenvalue weighted by Crippen LogP contribution is 2.36. The van der Waals surface area contributed by atoms with Gasteiger partial charge < -0.3 is 9.64 Å². The number of methoxy groups -OCH3 is 1. The van der Waals surface area contributed by atoms with Crippen LogP contribution in [0.1, 0.15) is 37.7 Å². The summed E-state index contributed by atoms with van der Waals surface area (Å²) in [6, 6.07) is 9.84. The van der Waals surface area contributed by atoms with Crippen molar-refractivity contribution >= 4 is 11.9 Å². The number of carbonyl (C=O) groups is 2. The molecule has 1 aliphatic heterocycles. The van der Waals surface area contributed by atoms with Gasteiger partial charge in [0.15, 0.2) is 0 Å². The molecule has 2 unspecified atom stereocenters. The van der Waals surface area contributed by atoms with Crippen molar-refractivity contribution in [1.82, 2.24) is 4.90 Å². The number of nitrogens with zero attached hydrogens (tertiary/aromatic N) is 1. The topological polar surface area (TPSA) is 46.6 Å². The molecule has 0 aromatic heterocycles. The van der Waals surface area contributed by atoms with Gasteiger partial charge in [0.2, 0.25) is 5.91 Å². The van der Waals surface area contributed by atoms with E-state index in [9.17, 15) is 9.59 Å². The molecule has 1 saturated heterocycles. The van der Waals surface area contributed by atoms with E-state index in [4.69, 9.17) is 4.74 Å². The van der Waals surface area contributed by atoms with E-state index in [2.05, 4.69) is 0 Å². The molecule has 2 aliphatic rings. The lowest BCUT2D eigenvalue weighted by Crippen LogP contribution is -2.33. The Balaban J connectivity index is 1.62. The lowest BCUT2D eigenvalue weighted by Gasteiger charge is -2.22. The van der Waals surface area contributed by atoms with Gasteiger partial charge in [0.25, 0.3) is 0 Å². The van der Waals surface area contributed by atoms with Crippen molar-refractivity contribution in [2.24, 2.45) is 17.8 Å². The molecule has 1 aliphatic carbocycles. The monoisotopic (exact) mass is 329 g/mol. The number of carbonyl (C=O) groups excluding carboxylic acids is 2. The highest BCUT2D eigenvalue weighted by atomic mass is 16.5. The third kappa shape index (κ3) is 3.97. The second-order valence-electron chi connectivity index (χ2n) is 7.22. The molecule has 1 aromatic rings. The molecule has 4 nitrogen and oxygen atoms in total. The number of hydrogen-bond acceptors (Lipinski definition) is 3. The van der Waals surface area contributed by atoms with Crippen molar-refractivity contribution in [3.8, 4) is 0 Å². The smallest absolute Gasteiger partial charge is 0.309 e. The first-order valence-corrected chi connectivity index (χ1v) is 9.07. The predicted molar refractivity (Wildman–Crippen MR) is 92.3 cm³/mol. The summed E-state index contributed by atoms with van der Waals surface area (Å²) in [4.78, 5) is 26.8. The van der Waals surface area contributed by atoms with E-state index in [1.165, 1.54) is 32.8 Å². The van der Waals surface area contributed by atoms with Gasteiger partial charge in [0.1, 0.15) is 0 Å². The highest BCUT2D eigenvalue weighted by Gasteiger charge is 2.37. The number of amides is 1. The Kier molecular flexibility index (Phi) is 5.54. The van der Waals surface area contributed by atoms with Crippen LogP contribution in [0.3, 0.4) is 0 Å². The van der Waals surface area contributed by atoms with Crippen LogP contribution in [0.5, 0.6) is 0 Å². The Morgan fingerprint density at radius 1 is 1.12 bits per heavy atom. The van der Waals surface area contributed by atoms with E-state index in [-0.39, 0.29) is 18.3 Å². The van der Waals surface area contributed by atoms with Crippen molar-refractivity contribution in [3.63, 3.8) is 0 Å². The molecule has 1 saturated carbocycles. The molecule has 1 aromatic carbocycles. The van der Waals surface area contributed by atoms with Crippen molar-refractivity contribution in [1.29, 1.82) is 0 Å². The zero-order chi connectivity index (χ0) is 16.9. The van der Waals surface area contributed by atoms with E-state index in [0.29, 0.717) is 18.3 Å². The largest absolute Gasteiger partial charge is 0.469 e. The second kappa shape index (κ2) is 7.82. The summed E-state index contributed by atoms with van der Waals surface area (Å²) in [5, 5.41) is 0. The van der Waals surface area contributed by atoms with Crippen molar-refractivity contribution in [2.45, 2.75) is 38.5 Å². The predicted octanol–water partition coefficient (Wildman–Crippen LogP) is 3.06. The van der Waals surface area contributed by atoms with Gasteiger partial charge >= 0.3 is 5.97 Å². The number of esters is 1. The van der Waals surface area contributed by atoms with Gasteiger partial charge in [-0.1, -0.05) is 43.2 Å². The summed E-state index contributed by atoms with van der Waals surface area (Å²) >= 11 is 0. The van der Waals surface area contributed by atoms with Crippen LogP contribution in [-0.4, -0.2) is 37.0 Å². The van der Waals surface area contributed by atoms with Crippen LogP contribution in [0.25, 0.3) is 0 Å². The van der Waals surface area contributed by atoms with Gasteiger partial charge in [-0.2, -0.15) is 0 Å². The fourth-order valence-corrected chi connectivity index (χ4v) is 4.25. The third-order valence-corrected chi connectivity index (χ3v) is 5.61. The van der Waals surface area contributed by atoms with Crippen LogP contribution in [0.2, 0.25) is 0 Å². The zero-order valence-corrected chi connectivity index (χ0v) is 14.4. The summed E-state index contributed by atoms with van der Waals surface area (Å²) < 4.78 is 4.93. The number of ether oxygens (including phenoxy) is 1. The Morgan fingerprint density at radius 3 is 2.33 bits per heavy atom. The average molecular weight is 329 g/mol. The molecule has 1 amide bonds. The molecular weight excluding hydrogens is 302 g/mol. The van der Waals surface area contributed by atoms with Crippen LogP contribution < -0.4 is 0 Å². The van der Waals surface area contributed by atoms with Crippen LogP contribution in [-0.2, 0) is 20.7 Å². The minimum atomic E-state index is -0.396. The maximum Gasteiger partial charge on any atom is 0.309 e. The van der Waals surface area contributed by atoms with E-state index < -0.39 is 5.92 Å². The normalized spacial score (nSPS) is 24.3. The first kappa shape index (κ1) is 17.0. The quantitative estimate of drug-likeness (QED) is 0.780. The van der Waals surface area contributed by atoms with Gasteiger partial charge in [-0.25, -0.2) is 0 Å². The van der Waals surface area contributed by atoms with Crippen LogP contribution >= 0.6 is 0 Å². The Labute approximate surface area is 144 Å². The van der Waals surface area contributed by atoms with Crippen molar-refractivity contribution in [2.75, 3.05) is 20.2 Å². The van der Waals surface area contributed by atoms with Crippen molar-refractivity contribution in [3.05, 3.63) is 35.9 Å². The number of fused-ring (bicyclic) bond motifs is 1. The SMILES string of the molecule is COC(=O)[C@H](CC(=O)N1CC2CCCCC2C1)Cc1ccccc1. The van der Waals surface area contributed by atoms with Crippen LogP contribution in [0.15, 0.2) is 30.3 Å². The standard InChI is InChI=1S/C20H27NO3/c1-24-20(23)18(11-15-7-3-2-4-8-15)12-19(22)21-13-16-9-5-6-10-17(16)14-21/h2-4,7-8,16-18H,5-6,9-14H2,1H3/t16?,17?,18-/m0/s1. The van der Waals surface area contributed by atoms with Gasteiger partial charge in [-0.05, 0) is 36.7 Å². The minimum absolute atomic E-state index is 0.107. The molecule has 130 valence electrons. The number of benzene rings is 1. The Hall–Kier alpha value is -1.84. The number of likely N-dealkylation sites (tertiary alicyclic amines) is 1. The summed E-state index contributed by atoms with van der Waals surface area (Å²) in [7, 11) is 1.40. The maximum absolute atomic E-state index is 12.7. The first-order chi connectivity index (χ1) is 11.7. The molecule has 4 heteroatoms. The fourth-order valence-electron chi connectivity index (χ4n) is 4.25. The molecule has 3 atom stereocenters. The van der Waals surface area contributed by atoms with Crippen LogP contribution in [0.4, 0.5) is 0 Å².